The molecule has 6 nitrogen and oxygen atoms in total. The number of aryl methyl sites for hydroxylation is 1. The first-order valence-corrected chi connectivity index (χ1v) is 9.40. The molecule has 0 unspecified atom stereocenters. The fraction of sp³-hybridized carbons (Fsp3) is 0.238. The average molecular weight is 395 g/mol. The number of carbonyl (C=O) groups is 1. The Bertz CT molecular complexity index is 1090. The highest BCUT2D eigenvalue weighted by molar-refractivity contribution is 6.31. The summed E-state index contributed by atoms with van der Waals surface area (Å²) >= 11 is 6.32. The molecule has 0 bridgehead atoms. The quantitative estimate of drug-likeness (QED) is 0.715. The van der Waals surface area contributed by atoms with E-state index in [4.69, 9.17) is 21.6 Å². The number of carboxylic acids is 1. The second-order valence-corrected chi connectivity index (χ2v) is 7.22. The minimum atomic E-state index is -0.856. The van der Waals surface area contributed by atoms with Crippen molar-refractivity contribution in [2.75, 3.05) is 0 Å². The van der Waals surface area contributed by atoms with E-state index in [1.54, 1.807) is 6.20 Å². The number of aromatic nitrogens is 3. The van der Waals surface area contributed by atoms with E-state index < -0.39 is 12.0 Å². The Morgan fingerprint density at radius 1 is 1.25 bits per heavy atom. The highest BCUT2D eigenvalue weighted by Gasteiger charge is 2.29. The van der Waals surface area contributed by atoms with Gasteiger partial charge in [0.2, 0.25) is 0 Å². The van der Waals surface area contributed by atoms with E-state index in [-0.39, 0.29) is 6.42 Å². The van der Waals surface area contributed by atoms with Gasteiger partial charge in [-0.25, -0.2) is 4.98 Å². The Morgan fingerprint density at radius 2 is 2.07 bits per heavy atom. The van der Waals surface area contributed by atoms with Gasteiger partial charge in [-0.2, -0.15) is 0 Å². The number of aliphatic carboxylic acids is 1. The summed E-state index contributed by atoms with van der Waals surface area (Å²) in [6.45, 7) is 3.95. The van der Waals surface area contributed by atoms with Crippen molar-refractivity contribution < 1.29 is 9.90 Å². The Morgan fingerprint density at radius 3 is 2.79 bits per heavy atom. The van der Waals surface area contributed by atoms with Gasteiger partial charge < -0.3 is 5.11 Å². The molecule has 0 saturated carbocycles. The Labute approximate surface area is 167 Å². The van der Waals surface area contributed by atoms with E-state index in [1.807, 2.05) is 50.2 Å². The van der Waals surface area contributed by atoms with Crippen LogP contribution in [0.2, 0.25) is 5.02 Å². The summed E-state index contributed by atoms with van der Waals surface area (Å²) < 4.78 is 2.06. The molecule has 1 aromatic carbocycles. The molecule has 3 heterocycles. The highest BCUT2D eigenvalue weighted by Crippen LogP contribution is 2.35. The second kappa shape index (κ2) is 7.20. The third kappa shape index (κ3) is 3.20. The molecular weight excluding hydrogens is 376 g/mol. The number of hydrogen-bond acceptors (Lipinski definition) is 4. The predicted octanol–water partition coefficient (Wildman–Crippen LogP) is 4.29. The summed E-state index contributed by atoms with van der Waals surface area (Å²) in [5.74, 6) is -0.114. The van der Waals surface area contributed by atoms with Crippen molar-refractivity contribution >= 4 is 23.3 Å². The van der Waals surface area contributed by atoms with Crippen LogP contribution in [0.4, 0.5) is 0 Å². The van der Waals surface area contributed by atoms with Crippen LogP contribution in [-0.4, -0.2) is 31.3 Å². The van der Waals surface area contributed by atoms with Gasteiger partial charge in [-0.05, 0) is 50.6 Å². The number of rotatable bonds is 4. The molecule has 0 amide bonds. The fourth-order valence-corrected chi connectivity index (χ4v) is 3.67. The maximum atomic E-state index is 11.2. The molecule has 0 spiro atoms. The first-order chi connectivity index (χ1) is 13.5. The topological polar surface area (TPSA) is 80.4 Å². The zero-order valence-corrected chi connectivity index (χ0v) is 16.3. The van der Waals surface area contributed by atoms with Gasteiger partial charge in [0, 0.05) is 28.9 Å². The lowest BCUT2D eigenvalue weighted by Gasteiger charge is -2.14. The normalized spacial score (nSPS) is 15.4. The van der Waals surface area contributed by atoms with Gasteiger partial charge in [0.1, 0.15) is 11.9 Å². The molecule has 3 aromatic rings. The predicted molar refractivity (Wildman–Crippen MR) is 108 cm³/mol. The number of aliphatic imine (C=N–C) groups is 1. The van der Waals surface area contributed by atoms with Gasteiger partial charge in [0.15, 0.2) is 0 Å². The summed E-state index contributed by atoms with van der Waals surface area (Å²) in [6.07, 6.45) is 2.07. The van der Waals surface area contributed by atoms with Crippen molar-refractivity contribution in [3.05, 3.63) is 76.1 Å². The van der Waals surface area contributed by atoms with Crippen LogP contribution in [0.15, 0.2) is 47.6 Å². The molecule has 1 aliphatic heterocycles. The lowest BCUT2D eigenvalue weighted by atomic mass is 10.0. The van der Waals surface area contributed by atoms with Crippen molar-refractivity contribution in [3.8, 4) is 5.69 Å². The van der Waals surface area contributed by atoms with E-state index in [0.717, 1.165) is 28.5 Å². The van der Waals surface area contributed by atoms with Crippen LogP contribution in [-0.2, 0) is 4.79 Å². The maximum absolute atomic E-state index is 11.2. The van der Waals surface area contributed by atoms with Gasteiger partial charge in [-0.1, -0.05) is 17.7 Å². The number of nitrogens with zero attached hydrogens (tertiary/aromatic N) is 4. The molecule has 4 rings (SSSR count). The molecule has 1 aliphatic rings. The SMILES string of the molecule is Cc1nc2n(c1C)-c1ccc(Cl)cc1C(c1ccccn1)=N[C@H]2CCC(=O)O. The number of benzene rings is 1. The third-order valence-corrected chi connectivity index (χ3v) is 5.18. The van der Waals surface area contributed by atoms with Crippen molar-refractivity contribution in [3.63, 3.8) is 0 Å². The average Bonchev–Trinajstić information content (AvgIpc) is 2.90. The van der Waals surface area contributed by atoms with Crippen LogP contribution in [0.3, 0.4) is 0 Å². The minimum Gasteiger partial charge on any atom is -0.481 e. The lowest BCUT2D eigenvalue weighted by Crippen LogP contribution is -2.09. The third-order valence-electron chi connectivity index (χ3n) is 4.95. The number of halogens is 1. The molecule has 142 valence electrons. The van der Waals surface area contributed by atoms with E-state index in [1.165, 1.54) is 0 Å². The summed E-state index contributed by atoms with van der Waals surface area (Å²) in [7, 11) is 0. The molecule has 1 atom stereocenters. The van der Waals surface area contributed by atoms with E-state index in [2.05, 4.69) is 9.55 Å². The zero-order chi connectivity index (χ0) is 19.8. The Balaban J connectivity index is 2.00. The van der Waals surface area contributed by atoms with Crippen molar-refractivity contribution in [2.45, 2.75) is 32.7 Å². The lowest BCUT2D eigenvalue weighted by molar-refractivity contribution is -0.137. The number of hydrogen-bond donors (Lipinski definition) is 1. The zero-order valence-electron chi connectivity index (χ0n) is 15.6. The maximum Gasteiger partial charge on any atom is 0.303 e. The van der Waals surface area contributed by atoms with Crippen LogP contribution < -0.4 is 0 Å². The van der Waals surface area contributed by atoms with E-state index >= 15 is 0 Å². The largest absolute Gasteiger partial charge is 0.481 e. The van der Waals surface area contributed by atoms with Crippen LogP contribution in [0.5, 0.6) is 0 Å². The number of imidazole rings is 1. The summed E-state index contributed by atoms with van der Waals surface area (Å²) in [6, 6.07) is 10.9. The molecule has 2 aromatic heterocycles. The highest BCUT2D eigenvalue weighted by atomic mass is 35.5. The van der Waals surface area contributed by atoms with Crippen molar-refractivity contribution in [2.24, 2.45) is 4.99 Å². The van der Waals surface area contributed by atoms with Crippen LogP contribution in [0, 0.1) is 13.8 Å². The molecule has 28 heavy (non-hydrogen) atoms. The van der Waals surface area contributed by atoms with Gasteiger partial charge >= 0.3 is 5.97 Å². The molecule has 0 fully saturated rings. The molecule has 7 heteroatoms. The number of pyridine rings is 1. The van der Waals surface area contributed by atoms with Gasteiger partial charge in [0.05, 0.1) is 22.8 Å². The Hall–Kier alpha value is -2.99. The van der Waals surface area contributed by atoms with Crippen LogP contribution in [0.25, 0.3) is 5.69 Å². The van der Waals surface area contributed by atoms with E-state index in [0.29, 0.717) is 22.8 Å². The molecule has 0 aliphatic carbocycles. The van der Waals surface area contributed by atoms with Crippen LogP contribution in [0.1, 0.15) is 47.4 Å². The standard InChI is InChI=1S/C21H19ClN4O2/c1-12-13(2)26-18-8-6-14(22)11-15(18)20(16-5-3-4-10-23-16)25-17(21(26)24-12)7-9-19(27)28/h3-6,8,10-11,17H,7,9H2,1-2H3,(H,27,28)/t17-/m0/s1. The van der Waals surface area contributed by atoms with Gasteiger partial charge in [-0.15, -0.1) is 0 Å². The van der Waals surface area contributed by atoms with Gasteiger partial charge in [-0.3, -0.25) is 19.3 Å². The first kappa shape index (κ1) is 18.4. The molecule has 1 N–H and O–H groups in total. The molecule has 0 saturated heterocycles. The molecule has 0 radical (unpaired) electrons. The second-order valence-electron chi connectivity index (χ2n) is 6.78. The number of fused-ring (bicyclic) bond motifs is 3. The van der Waals surface area contributed by atoms with Crippen molar-refractivity contribution in [1.29, 1.82) is 0 Å². The first-order valence-electron chi connectivity index (χ1n) is 9.03. The summed E-state index contributed by atoms with van der Waals surface area (Å²) in [5.41, 5.74) is 5.07. The van der Waals surface area contributed by atoms with E-state index in [9.17, 15) is 9.90 Å². The number of carboxylic acid groups (broad SMARTS) is 1. The smallest absolute Gasteiger partial charge is 0.303 e. The minimum absolute atomic E-state index is 0.00568. The molecular formula is C21H19ClN4O2. The summed E-state index contributed by atoms with van der Waals surface area (Å²) in [4.78, 5) is 25.4. The van der Waals surface area contributed by atoms with Gasteiger partial charge in [0.25, 0.3) is 0 Å². The summed E-state index contributed by atoms with van der Waals surface area (Å²) in [5, 5.41) is 9.81. The fourth-order valence-electron chi connectivity index (χ4n) is 3.50. The van der Waals surface area contributed by atoms with Crippen LogP contribution >= 0.6 is 11.6 Å². The van der Waals surface area contributed by atoms with Crippen molar-refractivity contribution in [1.82, 2.24) is 14.5 Å². The monoisotopic (exact) mass is 394 g/mol. The Kier molecular flexibility index (Phi) is 4.73.